The fourth-order valence-corrected chi connectivity index (χ4v) is 2.42. The maximum absolute atomic E-state index is 5.45. The molecule has 2 heterocycles. The third-order valence-corrected chi connectivity index (χ3v) is 3.54. The van der Waals surface area contributed by atoms with E-state index < -0.39 is 0 Å². The highest BCUT2D eigenvalue weighted by atomic mass is 16.5. The van der Waals surface area contributed by atoms with Gasteiger partial charge >= 0.3 is 0 Å². The first-order valence-electron chi connectivity index (χ1n) is 6.30. The lowest BCUT2D eigenvalue weighted by atomic mass is 10.0. The van der Waals surface area contributed by atoms with Gasteiger partial charge in [-0.2, -0.15) is 5.10 Å². The van der Waals surface area contributed by atoms with Crippen LogP contribution in [0.3, 0.4) is 0 Å². The van der Waals surface area contributed by atoms with Gasteiger partial charge < -0.3 is 4.74 Å². The van der Waals surface area contributed by atoms with Crippen LogP contribution in [0.25, 0.3) is 10.9 Å². The first-order valence-corrected chi connectivity index (χ1v) is 6.30. The second-order valence-electron chi connectivity index (χ2n) is 5.08. The first kappa shape index (κ1) is 10.8. The van der Waals surface area contributed by atoms with E-state index in [-0.39, 0.29) is 0 Å². The van der Waals surface area contributed by atoms with Crippen LogP contribution < -0.4 is 0 Å². The van der Waals surface area contributed by atoms with Crippen molar-refractivity contribution in [2.24, 2.45) is 0 Å². The third-order valence-electron chi connectivity index (χ3n) is 3.54. The van der Waals surface area contributed by atoms with E-state index in [1.54, 1.807) is 0 Å². The van der Waals surface area contributed by atoms with Gasteiger partial charge in [-0.25, -0.2) is 0 Å². The molecule has 1 atom stereocenters. The van der Waals surface area contributed by atoms with Crippen molar-refractivity contribution in [2.75, 3.05) is 13.2 Å². The average Bonchev–Trinajstić information content (AvgIpc) is 2.96. The van der Waals surface area contributed by atoms with Crippen LogP contribution in [0.4, 0.5) is 0 Å². The number of nitrogens with zero attached hydrogens (tertiary/aromatic N) is 2. The molecule has 0 radical (unpaired) electrons. The maximum Gasteiger partial charge on any atom is 0.0781 e. The zero-order valence-corrected chi connectivity index (χ0v) is 10.4. The highest BCUT2D eigenvalue weighted by molar-refractivity contribution is 5.79. The molecule has 0 bridgehead atoms. The summed E-state index contributed by atoms with van der Waals surface area (Å²) in [5.74, 6) is 0.558. The van der Waals surface area contributed by atoms with Crippen molar-refractivity contribution in [3.63, 3.8) is 0 Å². The lowest BCUT2D eigenvalue weighted by Crippen LogP contribution is -2.09. The molecule has 3 nitrogen and oxygen atoms in total. The van der Waals surface area contributed by atoms with Crippen LogP contribution in [0.2, 0.25) is 0 Å². The van der Waals surface area contributed by atoms with Gasteiger partial charge in [-0.05, 0) is 24.0 Å². The van der Waals surface area contributed by atoms with Crippen molar-refractivity contribution >= 4 is 10.9 Å². The van der Waals surface area contributed by atoms with Crippen molar-refractivity contribution in [1.82, 2.24) is 9.78 Å². The smallest absolute Gasteiger partial charge is 0.0781 e. The van der Waals surface area contributed by atoms with Crippen LogP contribution in [-0.2, 0) is 4.74 Å². The van der Waals surface area contributed by atoms with Crippen molar-refractivity contribution in [1.29, 1.82) is 0 Å². The molecule has 1 aromatic carbocycles. The number of hydrogen-bond acceptors (Lipinski definition) is 2. The summed E-state index contributed by atoms with van der Waals surface area (Å²) in [4.78, 5) is 0. The van der Waals surface area contributed by atoms with Crippen molar-refractivity contribution < 1.29 is 4.74 Å². The van der Waals surface area contributed by atoms with Crippen LogP contribution >= 0.6 is 0 Å². The van der Waals surface area contributed by atoms with Gasteiger partial charge in [-0.1, -0.05) is 26.0 Å². The first-order chi connectivity index (χ1) is 8.25. The van der Waals surface area contributed by atoms with Crippen molar-refractivity contribution in [3.8, 4) is 0 Å². The van der Waals surface area contributed by atoms with Crippen LogP contribution in [0.1, 0.15) is 37.8 Å². The van der Waals surface area contributed by atoms with E-state index in [2.05, 4.69) is 41.8 Å². The molecule has 1 aromatic heterocycles. The molecule has 0 unspecified atom stereocenters. The third kappa shape index (κ3) is 1.84. The Balaban J connectivity index is 2.08. The van der Waals surface area contributed by atoms with Gasteiger partial charge in [0.2, 0.25) is 0 Å². The Morgan fingerprint density at radius 2 is 2.29 bits per heavy atom. The van der Waals surface area contributed by atoms with Crippen molar-refractivity contribution in [3.05, 3.63) is 30.0 Å². The highest BCUT2D eigenvalue weighted by Gasteiger charge is 2.20. The van der Waals surface area contributed by atoms with E-state index in [0.717, 1.165) is 19.6 Å². The fourth-order valence-electron chi connectivity index (χ4n) is 2.42. The van der Waals surface area contributed by atoms with E-state index in [1.165, 1.54) is 16.5 Å². The molecule has 0 amide bonds. The monoisotopic (exact) mass is 230 g/mol. The Hall–Kier alpha value is -1.35. The molecular weight excluding hydrogens is 212 g/mol. The number of fused-ring (bicyclic) bond motifs is 1. The predicted octanol–water partition coefficient (Wildman–Crippen LogP) is 3.12. The molecule has 17 heavy (non-hydrogen) atoms. The summed E-state index contributed by atoms with van der Waals surface area (Å²) < 4.78 is 7.58. The van der Waals surface area contributed by atoms with Crippen molar-refractivity contribution in [2.45, 2.75) is 32.2 Å². The Kier molecular flexibility index (Phi) is 2.63. The summed E-state index contributed by atoms with van der Waals surface area (Å²) in [6, 6.07) is 7.05. The maximum atomic E-state index is 5.45. The molecule has 3 heteroatoms. The predicted molar refractivity (Wildman–Crippen MR) is 68.3 cm³/mol. The van der Waals surface area contributed by atoms with Gasteiger partial charge in [0.1, 0.15) is 0 Å². The van der Waals surface area contributed by atoms with Gasteiger partial charge in [-0.3, -0.25) is 4.68 Å². The van der Waals surface area contributed by atoms with Crippen LogP contribution in [0.15, 0.2) is 24.4 Å². The quantitative estimate of drug-likeness (QED) is 0.792. The summed E-state index contributed by atoms with van der Waals surface area (Å²) >= 11 is 0. The van der Waals surface area contributed by atoms with E-state index in [1.807, 2.05) is 6.20 Å². The Labute approximate surface area is 101 Å². The molecular formula is C14H18N2O. The molecule has 0 N–H and O–H groups in total. The normalized spacial score (nSPS) is 20.5. The van der Waals surface area contributed by atoms with Crippen LogP contribution in [-0.4, -0.2) is 23.0 Å². The number of hydrogen-bond donors (Lipinski definition) is 0. The van der Waals surface area contributed by atoms with E-state index in [4.69, 9.17) is 4.74 Å². The van der Waals surface area contributed by atoms with E-state index in [9.17, 15) is 0 Å². The summed E-state index contributed by atoms with van der Waals surface area (Å²) in [6.45, 7) is 6.10. The lowest BCUT2D eigenvalue weighted by Gasteiger charge is -2.11. The summed E-state index contributed by atoms with van der Waals surface area (Å²) in [5.41, 5.74) is 2.62. The summed E-state index contributed by atoms with van der Waals surface area (Å²) in [7, 11) is 0. The molecule has 1 aliphatic heterocycles. The van der Waals surface area contributed by atoms with Gasteiger partial charge in [0, 0.05) is 12.0 Å². The number of ether oxygens (including phenoxy) is 1. The molecule has 0 spiro atoms. The Morgan fingerprint density at radius 1 is 1.41 bits per heavy atom. The molecule has 2 aromatic rings. The summed E-state index contributed by atoms with van der Waals surface area (Å²) in [5, 5.41) is 5.74. The summed E-state index contributed by atoms with van der Waals surface area (Å²) in [6.07, 6.45) is 3.03. The fraction of sp³-hybridized carbons (Fsp3) is 0.500. The highest BCUT2D eigenvalue weighted by Crippen LogP contribution is 2.26. The zero-order chi connectivity index (χ0) is 11.8. The largest absolute Gasteiger partial charge is 0.379 e. The molecule has 90 valence electrons. The average molecular weight is 230 g/mol. The minimum absolute atomic E-state index is 0.412. The SMILES string of the molecule is CC(C)c1ccc2cnn([C@@H]3CCOC3)c2c1. The van der Waals surface area contributed by atoms with E-state index >= 15 is 0 Å². The topological polar surface area (TPSA) is 27.1 Å². The number of rotatable bonds is 2. The molecule has 0 aliphatic carbocycles. The minimum Gasteiger partial charge on any atom is -0.379 e. The second-order valence-corrected chi connectivity index (χ2v) is 5.08. The van der Waals surface area contributed by atoms with Crippen LogP contribution in [0, 0.1) is 0 Å². The molecule has 1 fully saturated rings. The molecule has 0 saturated carbocycles. The molecule has 1 aliphatic rings. The Bertz CT molecular complexity index is 524. The zero-order valence-electron chi connectivity index (χ0n) is 10.4. The standard InChI is InChI=1S/C14H18N2O/c1-10(2)11-3-4-12-8-15-16(14(12)7-11)13-5-6-17-9-13/h3-4,7-8,10,13H,5-6,9H2,1-2H3/t13-/m1/s1. The van der Waals surface area contributed by atoms with Gasteiger partial charge in [-0.15, -0.1) is 0 Å². The minimum atomic E-state index is 0.412. The van der Waals surface area contributed by atoms with Gasteiger partial charge in [0.15, 0.2) is 0 Å². The molecule has 3 rings (SSSR count). The van der Waals surface area contributed by atoms with Gasteiger partial charge in [0.25, 0.3) is 0 Å². The van der Waals surface area contributed by atoms with Crippen LogP contribution in [0.5, 0.6) is 0 Å². The number of aromatic nitrogens is 2. The molecule has 1 saturated heterocycles. The van der Waals surface area contributed by atoms with E-state index in [0.29, 0.717) is 12.0 Å². The second kappa shape index (κ2) is 4.15. The number of benzene rings is 1. The van der Waals surface area contributed by atoms with Gasteiger partial charge in [0.05, 0.1) is 24.4 Å². The Morgan fingerprint density at radius 3 is 3.00 bits per heavy atom. The lowest BCUT2D eigenvalue weighted by molar-refractivity contribution is 0.185.